The summed E-state index contributed by atoms with van der Waals surface area (Å²) in [6, 6.07) is 5.95. The molecule has 0 aliphatic heterocycles. The molecule has 0 aliphatic rings. The van der Waals surface area contributed by atoms with Crippen molar-refractivity contribution in [2.24, 2.45) is 0 Å². The number of halogens is 1. The maximum atomic E-state index is 5.71. The predicted octanol–water partition coefficient (Wildman–Crippen LogP) is 3.77. The van der Waals surface area contributed by atoms with Crippen LogP contribution in [-0.4, -0.2) is 19.0 Å². The van der Waals surface area contributed by atoms with Gasteiger partial charge in [0.25, 0.3) is 0 Å². The number of alkyl halides is 1. The Bertz CT molecular complexity index is 342. The van der Waals surface area contributed by atoms with E-state index in [0.29, 0.717) is 6.61 Å². The number of ether oxygens (including phenoxy) is 2. The van der Waals surface area contributed by atoms with Gasteiger partial charge in [-0.05, 0) is 23.6 Å². The average molecular weight is 287 g/mol. The van der Waals surface area contributed by atoms with Crippen molar-refractivity contribution >= 4 is 15.9 Å². The molecule has 0 atom stereocenters. The highest BCUT2D eigenvalue weighted by atomic mass is 79.9. The largest absolute Gasteiger partial charge is 0.497 e. The molecule has 0 spiro atoms. The van der Waals surface area contributed by atoms with Crippen LogP contribution in [0.1, 0.15) is 26.3 Å². The van der Waals surface area contributed by atoms with Gasteiger partial charge in [0.1, 0.15) is 11.5 Å². The summed E-state index contributed by atoms with van der Waals surface area (Å²) in [6.07, 6.45) is 0. The van der Waals surface area contributed by atoms with Crippen molar-refractivity contribution in [1.29, 1.82) is 0 Å². The Labute approximate surface area is 106 Å². The Hall–Kier alpha value is -0.700. The van der Waals surface area contributed by atoms with E-state index in [2.05, 4.69) is 36.7 Å². The van der Waals surface area contributed by atoms with Gasteiger partial charge in [0.2, 0.25) is 0 Å². The molecule has 1 aromatic carbocycles. The second-order valence-electron chi connectivity index (χ2n) is 4.65. The zero-order valence-corrected chi connectivity index (χ0v) is 11.9. The van der Waals surface area contributed by atoms with Crippen molar-refractivity contribution in [3.05, 3.63) is 23.8 Å². The van der Waals surface area contributed by atoms with Crippen molar-refractivity contribution in [3.8, 4) is 11.5 Å². The first-order chi connectivity index (χ1) is 7.49. The third kappa shape index (κ3) is 3.41. The van der Waals surface area contributed by atoms with E-state index >= 15 is 0 Å². The Morgan fingerprint density at radius 3 is 2.44 bits per heavy atom. The van der Waals surface area contributed by atoms with E-state index in [0.717, 1.165) is 16.8 Å². The van der Waals surface area contributed by atoms with Crippen molar-refractivity contribution in [1.82, 2.24) is 0 Å². The van der Waals surface area contributed by atoms with Gasteiger partial charge in [-0.25, -0.2) is 0 Å². The summed E-state index contributed by atoms with van der Waals surface area (Å²) in [7, 11) is 1.68. The van der Waals surface area contributed by atoms with Gasteiger partial charge in [-0.2, -0.15) is 0 Å². The van der Waals surface area contributed by atoms with Crippen LogP contribution < -0.4 is 9.47 Å². The predicted molar refractivity (Wildman–Crippen MR) is 71.0 cm³/mol. The SMILES string of the molecule is COc1ccc(OCCBr)c(C(C)(C)C)c1. The Morgan fingerprint density at radius 1 is 1.25 bits per heavy atom. The molecule has 0 fully saturated rings. The molecule has 0 bridgehead atoms. The lowest BCUT2D eigenvalue weighted by molar-refractivity contribution is 0.332. The normalized spacial score (nSPS) is 11.3. The first kappa shape index (κ1) is 13.4. The van der Waals surface area contributed by atoms with E-state index in [4.69, 9.17) is 9.47 Å². The topological polar surface area (TPSA) is 18.5 Å². The molecular formula is C13H19BrO2. The highest BCUT2D eigenvalue weighted by Gasteiger charge is 2.19. The van der Waals surface area contributed by atoms with Crippen molar-refractivity contribution < 1.29 is 9.47 Å². The Balaban J connectivity index is 3.06. The fourth-order valence-corrected chi connectivity index (χ4v) is 1.66. The first-order valence-electron chi connectivity index (χ1n) is 5.36. The van der Waals surface area contributed by atoms with Gasteiger partial charge >= 0.3 is 0 Å². The smallest absolute Gasteiger partial charge is 0.123 e. The molecule has 1 aromatic rings. The highest BCUT2D eigenvalue weighted by Crippen LogP contribution is 2.34. The molecule has 16 heavy (non-hydrogen) atoms. The molecule has 0 unspecified atom stereocenters. The molecule has 0 amide bonds. The van der Waals surface area contributed by atoms with E-state index in [9.17, 15) is 0 Å². The van der Waals surface area contributed by atoms with Crippen molar-refractivity contribution in [2.45, 2.75) is 26.2 Å². The van der Waals surface area contributed by atoms with E-state index in [1.807, 2.05) is 18.2 Å². The van der Waals surface area contributed by atoms with Crippen LogP contribution in [-0.2, 0) is 5.41 Å². The molecule has 0 heterocycles. The summed E-state index contributed by atoms with van der Waals surface area (Å²) in [6.45, 7) is 7.18. The Kier molecular flexibility index (Phi) is 4.66. The summed E-state index contributed by atoms with van der Waals surface area (Å²) in [5.41, 5.74) is 1.23. The van der Waals surface area contributed by atoms with Crippen molar-refractivity contribution in [2.75, 3.05) is 19.0 Å². The second-order valence-corrected chi connectivity index (χ2v) is 5.44. The van der Waals surface area contributed by atoms with Gasteiger partial charge in [0, 0.05) is 10.9 Å². The van der Waals surface area contributed by atoms with E-state index < -0.39 is 0 Å². The quantitative estimate of drug-likeness (QED) is 0.785. The molecule has 1 rings (SSSR count). The summed E-state index contributed by atoms with van der Waals surface area (Å²) < 4.78 is 11.0. The van der Waals surface area contributed by atoms with Gasteiger partial charge < -0.3 is 9.47 Å². The first-order valence-corrected chi connectivity index (χ1v) is 6.48. The van der Waals surface area contributed by atoms with E-state index in [-0.39, 0.29) is 5.41 Å². The zero-order chi connectivity index (χ0) is 12.2. The van der Waals surface area contributed by atoms with Crippen LogP contribution in [0.3, 0.4) is 0 Å². The van der Waals surface area contributed by atoms with E-state index in [1.165, 1.54) is 5.56 Å². The summed E-state index contributed by atoms with van der Waals surface area (Å²) in [4.78, 5) is 0. The zero-order valence-electron chi connectivity index (χ0n) is 10.3. The fourth-order valence-electron chi connectivity index (χ4n) is 1.50. The molecule has 0 radical (unpaired) electrons. The maximum Gasteiger partial charge on any atom is 0.123 e. The lowest BCUT2D eigenvalue weighted by Gasteiger charge is -2.23. The summed E-state index contributed by atoms with van der Waals surface area (Å²) in [5, 5.41) is 0.836. The van der Waals surface area contributed by atoms with Gasteiger partial charge in [-0.1, -0.05) is 36.7 Å². The minimum Gasteiger partial charge on any atom is -0.497 e. The number of benzene rings is 1. The van der Waals surface area contributed by atoms with Gasteiger partial charge in [-0.15, -0.1) is 0 Å². The maximum absolute atomic E-state index is 5.71. The van der Waals surface area contributed by atoms with Crippen LogP contribution in [0.2, 0.25) is 0 Å². The lowest BCUT2D eigenvalue weighted by Crippen LogP contribution is -2.14. The van der Waals surface area contributed by atoms with Crippen LogP contribution >= 0.6 is 15.9 Å². The molecule has 90 valence electrons. The van der Waals surface area contributed by atoms with Gasteiger partial charge in [0.05, 0.1) is 13.7 Å². The molecule has 0 saturated heterocycles. The number of hydrogen-bond acceptors (Lipinski definition) is 2. The van der Waals surface area contributed by atoms with Crippen LogP contribution in [0.15, 0.2) is 18.2 Å². The van der Waals surface area contributed by atoms with Crippen molar-refractivity contribution in [3.63, 3.8) is 0 Å². The van der Waals surface area contributed by atoms with Crippen LogP contribution in [0.5, 0.6) is 11.5 Å². The van der Waals surface area contributed by atoms with E-state index in [1.54, 1.807) is 7.11 Å². The number of hydrogen-bond donors (Lipinski definition) is 0. The summed E-state index contributed by atoms with van der Waals surface area (Å²) >= 11 is 3.36. The van der Waals surface area contributed by atoms with Crippen LogP contribution in [0, 0.1) is 0 Å². The second kappa shape index (κ2) is 5.58. The molecule has 0 aliphatic carbocycles. The molecule has 0 aromatic heterocycles. The average Bonchev–Trinajstić information content (AvgIpc) is 2.25. The third-order valence-electron chi connectivity index (χ3n) is 2.33. The number of methoxy groups -OCH3 is 1. The van der Waals surface area contributed by atoms with Crippen LogP contribution in [0.4, 0.5) is 0 Å². The lowest BCUT2D eigenvalue weighted by atomic mass is 9.86. The van der Waals surface area contributed by atoms with Gasteiger partial charge in [-0.3, -0.25) is 0 Å². The van der Waals surface area contributed by atoms with Crippen LogP contribution in [0.25, 0.3) is 0 Å². The number of rotatable bonds is 4. The standard InChI is InChI=1S/C13H19BrO2/c1-13(2,3)11-9-10(15-4)5-6-12(11)16-8-7-14/h5-6,9H,7-8H2,1-4H3. The summed E-state index contributed by atoms with van der Waals surface area (Å²) in [5.74, 6) is 1.81. The minimum absolute atomic E-state index is 0.0518. The monoisotopic (exact) mass is 286 g/mol. The molecule has 2 nitrogen and oxygen atoms in total. The molecule has 3 heteroatoms. The third-order valence-corrected chi connectivity index (χ3v) is 2.65. The minimum atomic E-state index is 0.0518. The fraction of sp³-hybridized carbons (Fsp3) is 0.538. The Morgan fingerprint density at radius 2 is 1.94 bits per heavy atom. The highest BCUT2D eigenvalue weighted by molar-refractivity contribution is 9.09. The van der Waals surface area contributed by atoms with Gasteiger partial charge in [0.15, 0.2) is 0 Å². The molecule has 0 saturated carbocycles. The molecule has 0 N–H and O–H groups in total. The molecular weight excluding hydrogens is 268 g/mol.